The number of anilines is 2. The van der Waals surface area contributed by atoms with E-state index < -0.39 is 0 Å². The number of halogens is 1. The van der Waals surface area contributed by atoms with Gasteiger partial charge in [-0.25, -0.2) is 15.0 Å². The number of rotatable bonds is 3. The van der Waals surface area contributed by atoms with Gasteiger partial charge in [-0.1, -0.05) is 0 Å². The molecule has 0 atom stereocenters. The average Bonchev–Trinajstić information content (AvgIpc) is 2.25. The van der Waals surface area contributed by atoms with Crippen molar-refractivity contribution in [3.05, 3.63) is 34.5 Å². The van der Waals surface area contributed by atoms with Gasteiger partial charge in [0.15, 0.2) is 0 Å². The van der Waals surface area contributed by atoms with E-state index in [1.54, 1.807) is 12.3 Å². The molecule has 0 amide bonds. The van der Waals surface area contributed by atoms with Crippen LogP contribution in [0.25, 0.3) is 0 Å². The molecular weight excluding hydrogens is 284 g/mol. The Kier molecular flexibility index (Phi) is 3.48. The second kappa shape index (κ2) is 5.05. The first kappa shape index (κ1) is 11.7. The smallest absolute Gasteiger partial charge is 0.226 e. The lowest BCUT2D eigenvalue weighted by Gasteiger charge is -2.05. The summed E-state index contributed by atoms with van der Waals surface area (Å²) in [6, 6.07) is 3.47. The van der Waals surface area contributed by atoms with Gasteiger partial charge in [0.05, 0.1) is 12.2 Å². The van der Waals surface area contributed by atoms with E-state index in [1.165, 1.54) is 0 Å². The molecule has 2 aromatic heterocycles. The van der Waals surface area contributed by atoms with Crippen LogP contribution in [0.3, 0.4) is 0 Å². The third-order valence-corrected chi connectivity index (χ3v) is 2.38. The van der Waals surface area contributed by atoms with E-state index in [-0.39, 0.29) is 0 Å². The summed E-state index contributed by atoms with van der Waals surface area (Å²) in [7, 11) is 0. The van der Waals surface area contributed by atoms with Gasteiger partial charge in [0.2, 0.25) is 5.95 Å². The van der Waals surface area contributed by atoms with Crippen LogP contribution in [0.2, 0.25) is 0 Å². The van der Waals surface area contributed by atoms with Crippen molar-refractivity contribution in [2.45, 2.75) is 13.5 Å². The molecule has 0 aliphatic heterocycles. The lowest BCUT2D eigenvalue weighted by atomic mass is 10.4. The summed E-state index contributed by atoms with van der Waals surface area (Å²) < 4.78 is 0.645. The highest BCUT2D eigenvalue weighted by Crippen LogP contribution is 2.12. The Bertz CT molecular complexity index is 510. The van der Waals surface area contributed by atoms with Gasteiger partial charge in [0.1, 0.15) is 16.2 Å². The van der Waals surface area contributed by atoms with Crippen LogP contribution in [0.4, 0.5) is 11.8 Å². The summed E-state index contributed by atoms with van der Waals surface area (Å²) in [5.41, 5.74) is 6.48. The van der Waals surface area contributed by atoms with E-state index in [9.17, 15) is 0 Å². The molecule has 0 radical (unpaired) electrons. The average molecular weight is 295 g/mol. The maximum atomic E-state index is 5.61. The Labute approximate surface area is 107 Å². The van der Waals surface area contributed by atoms with Crippen LogP contribution in [0, 0.1) is 6.92 Å². The standard InChI is InChI=1S/C10H11BrN6/c1-6-13-3-2-7(15-6)5-14-10-16-8(11)4-9(12)17-10/h2-4H,5H2,1H3,(H3,12,14,16,17). The van der Waals surface area contributed by atoms with Crippen molar-refractivity contribution in [2.75, 3.05) is 11.1 Å². The minimum absolute atomic E-state index is 0.410. The first-order valence-corrected chi connectivity index (χ1v) is 5.75. The van der Waals surface area contributed by atoms with E-state index in [1.807, 2.05) is 13.0 Å². The second-order valence-electron chi connectivity index (χ2n) is 3.39. The normalized spacial score (nSPS) is 10.2. The molecule has 17 heavy (non-hydrogen) atoms. The minimum atomic E-state index is 0.410. The van der Waals surface area contributed by atoms with E-state index in [2.05, 4.69) is 41.2 Å². The van der Waals surface area contributed by atoms with E-state index in [0.29, 0.717) is 22.9 Å². The fourth-order valence-electron chi connectivity index (χ4n) is 1.29. The molecule has 88 valence electrons. The van der Waals surface area contributed by atoms with Crippen molar-refractivity contribution in [3.63, 3.8) is 0 Å². The number of aryl methyl sites for hydroxylation is 1. The van der Waals surface area contributed by atoms with Gasteiger partial charge in [0.25, 0.3) is 0 Å². The van der Waals surface area contributed by atoms with Crippen LogP contribution in [-0.4, -0.2) is 19.9 Å². The van der Waals surface area contributed by atoms with Crippen LogP contribution in [-0.2, 0) is 6.54 Å². The minimum Gasteiger partial charge on any atom is -0.383 e. The molecule has 0 aliphatic carbocycles. The summed E-state index contributed by atoms with van der Waals surface area (Å²) in [5, 5.41) is 3.05. The predicted octanol–water partition coefficient (Wildman–Crippen LogP) is 1.53. The molecule has 6 nitrogen and oxygen atoms in total. The number of hydrogen-bond donors (Lipinski definition) is 2. The molecular formula is C10H11BrN6. The van der Waals surface area contributed by atoms with Crippen molar-refractivity contribution in [1.82, 2.24) is 19.9 Å². The Balaban J connectivity index is 2.07. The topological polar surface area (TPSA) is 89.6 Å². The van der Waals surface area contributed by atoms with Crippen LogP contribution < -0.4 is 11.1 Å². The molecule has 2 aromatic rings. The van der Waals surface area contributed by atoms with Crippen molar-refractivity contribution in [3.8, 4) is 0 Å². The molecule has 0 bridgehead atoms. The second-order valence-corrected chi connectivity index (χ2v) is 4.20. The van der Waals surface area contributed by atoms with Gasteiger partial charge >= 0.3 is 0 Å². The van der Waals surface area contributed by atoms with Gasteiger partial charge in [-0.05, 0) is 28.9 Å². The zero-order valence-electron chi connectivity index (χ0n) is 9.18. The Morgan fingerprint density at radius 1 is 1.35 bits per heavy atom. The third kappa shape index (κ3) is 3.35. The largest absolute Gasteiger partial charge is 0.383 e. The molecule has 0 saturated carbocycles. The van der Waals surface area contributed by atoms with Gasteiger partial charge in [-0.2, -0.15) is 4.98 Å². The zero-order chi connectivity index (χ0) is 12.3. The quantitative estimate of drug-likeness (QED) is 0.835. The molecule has 7 heteroatoms. The molecule has 3 N–H and O–H groups in total. The molecule has 2 rings (SSSR count). The van der Waals surface area contributed by atoms with Gasteiger partial charge in [0, 0.05) is 12.3 Å². The van der Waals surface area contributed by atoms with Crippen LogP contribution in [0.15, 0.2) is 22.9 Å². The molecule has 2 heterocycles. The highest BCUT2D eigenvalue weighted by atomic mass is 79.9. The summed E-state index contributed by atoms with van der Waals surface area (Å²) in [6.45, 7) is 2.37. The van der Waals surface area contributed by atoms with Gasteiger partial charge < -0.3 is 11.1 Å². The highest BCUT2D eigenvalue weighted by Gasteiger charge is 2.01. The summed E-state index contributed by atoms with van der Waals surface area (Å²) in [6.07, 6.45) is 1.72. The first-order chi connectivity index (χ1) is 8.13. The lowest BCUT2D eigenvalue weighted by Crippen LogP contribution is -2.07. The first-order valence-electron chi connectivity index (χ1n) is 4.96. The number of nitrogens with zero attached hydrogens (tertiary/aromatic N) is 4. The predicted molar refractivity (Wildman–Crippen MR) is 68.2 cm³/mol. The Hall–Kier alpha value is -1.76. The number of nitrogen functional groups attached to an aromatic ring is 1. The van der Waals surface area contributed by atoms with Crippen LogP contribution in [0.5, 0.6) is 0 Å². The monoisotopic (exact) mass is 294 g/mol. The molecule has 0 spiro atoms. The molecule has 0 aromatic carbocycles. The van der Waals surface area contributed by atoms with Gasteiger partial charge in [-0.3, -0.25) is 0 Å². The van der Waals surface area contributed by atoms with Crippen LogP contribution in [0.1, 0.15) is 11.5 Å². The van der Waals surface area contributed by atoms with Crippen molar-refractivity contribution in [2.24, 2.45) is 0 Å². The maximum absolute atomic E-state index is 5.61. The van der Waals surface area contributed by atoms with Crippen molar-refractivity contribution >= 4 is 27.7 Å². The fourth-order valence-corrected chi connectivity index (χ4v) is 1.69. The third-order valence-electron chi connectivity index (χ3n) is 1.98. The maximum Gasteiger partial charge on any atom is 0.226 e. The molecule has 0 fully saturated rings. The van der Waals surface area contributed by atoms with E-state index in [4.69, 9.17) is 5.73 Å². The molecule has 0 aliphatic rings. The Morgan fingerprint density at radius 3 is 2.88 bits per heavy atom. The number of nitrogens with one attached hydrogen (secondary N) is 1. The number of nitrogens with two attached hydrogens (primary N) is 1. The van der Waals surface area contributed by atoms with Gasteiger partial charge in [-0.15, -0.1) is 0 Å². The SMILES string of the molecule is Cc1nccc(CNc2nc(N)cc(Br)n2)n1. The summed E-state index contributed by atoms with van der Waals surface area (Å²) >= 11 is 3.25. The molecule has 0 unspecified atom stereocenters. The zero-order valence-corrected chi connectivity index (χ0v) is 10.8. The van der Waals surface area contributed by atoms with E-state index >= 15 is 0 Å². The number of aromatic nitrogens is 4. The fraction of sp³-hybridized carbons (Fsp3) is 0.200. The van der Waals surface area contributed by atoms with Crippen molar-refractivity contribution < 1.29 is 0 Å². The van der Waals surface area contributed by atoms with Crippen molar-refractivity contribution in [1.29, 1.82) is 0 Å². The molecule has 0 saturated heterocycles. The lowest BCUT2D eigenvalue weighted by molar-refractivity contribution is 0.939. The summed E-state index contributed by atoms with van der Waals surface area (Å²) in [4.78, 5) is 16.5. The van der Waals surface area contributed by atoms with Crippen LogP contribution >= 0.6 is 15.9 Å². The summed E-state index contributed by atoms with van der Waals surface area (Å²) in [5.74, 6) is 1.61. The Morgan fingerprint density at radius 2 is 2.18 bits per heavy atom. The highest BCUT2D eigenvalue weighted by molar-refractivity contribution is 9.10. The van der Waals surface area contributed by atoms with E-state index in [0.717, 1.165) is 11.5 Å². The number of hydrogen-bond acceptors (Lipinski definition) is 6.